The van der Waals surface area contributed by atoms with Gasteiger partial charge < -0.3 is 14.5 Å². The molecule has 8 heteroatoms. The van der Waals surface area contributed by atoms with Crippen molar-refractivity contribution in [2.24, 2.45) is 11.8 Å². The maximum absolute atomic E-state index is 13.2. The lowest BCUT2D eigenvalue weighted by Crippen LogP contribution is -2.44. The standard InChI is InChI=1S/C22H37N5O2S/c1-16(2)14-26-21(25-10-12-29-13-11-25)23-24-22(26)30-15-20(28)27(19-8-9-19)18-6-4-17(3)5-7-18/h16-19H,4-15H2,1-3H3. The highest BCUT2D eigenvalue weighted by Gasteiger charge is 2.38. The second-order valence-corrected chi connectivity index (χ2v) is 10.6. The number of rotatable bonds is 8. The number of nitrogens with zero attached hydrogens (tertiary/aromatic N) is 5. The van der Waals surface area contributed by atoms with Crippen LogP contribution in [-0.2, 0) is 16.1 Å². The van der Waals surface area contributed by atoms with Gasteiger partial charge in [0.1, 0.15) is 0 Å². The number of carbonyl (C=O) groups excluding carboxylic acids is 1. The smallest absolute Gasteiger partial charge is 0.233 e. The number of anilines is 1. The molecule has 0 unspecified atom stereocenters. The molecule has 0 atom stereocenters. The molecule has 30 heavy (non-hydrogen) atoms. The molecule has 168 valence electrons. The van der Waals surface area contributed by atoms with E-state index in [9.17, 15) is 4.79 Å². The number of carbonyl (C=O) groups is 1. The highest BCUT2D eigenvalue weighted by molar-refractivity contribution is 7.99. The largest absolute Gasteiger partial charge is 0.378 e. The summed E-state index contributed by atoms with van der Waals surface area (Å²) in [4.78, 5) is 17.7. The molecule has 0 aromatic carbocycles. The van der Waals surface area contributed by atoms with Crippen LogP contribution in [0, 0.1) is 11.8 Å². The van der Waals surface area contributed by atoms with Crippen LogP contribution in [0.25, 0.3) is 0 Å². The Morgan fingerprint density at radius 3 is 2.33 bits per heavy atom. The quantitative estimate of drug-likeness (QED) is 0.583. The van der Waals surface area contributed by atoms with E-state index in [1.807, 2.05) is 0 Å². The molecule has 3 fully saturated rings. The number of ether oxygens (including phenoxy) is 1. The number of thioether (sulfide) groups is 1. The van der Waals surface area contributed by atoms with Crippen molar-refractivity contribution >= 4 is 23.6 Å². The summed E-state index contributed by atoms with van der Waals surface area (Å²) in [7, 11) is 0. The van der Waals surface area contributed by atoms with Crippen molar-refractivity contribution < 1.29 is 9.53 Å². The third-order valence-corrected chi connectivity index (χ3v) is 7.42. The summed E-state index contributed by atoms with van der Waals surface area (Å²) in [5.41, 5.74) is 0. The highest BCUT2D eigenvalue weighted by atomic mass is 32.2. The highest BCUT2D eigenvalue weighted by Crippen LogP contribution is 2.36. The molecule has 7 nitrogen and oxygen atoms in total. The van der Waals surface area contributed by atoms with Gasteiger partial charge in [-0.3, -0.25) is 9.36 Å². The van der Waals surface area contributed by atoms with Crippen molar-refractivity contribution in [1.82, 2.24) is 19.7 Å². The van der Waals surface area contributed by atoms with Gasteiger partial charge in [-0.1, -0.05) is 32.5 Å². The van der Waals surface area contributed by atoms with Crippen LogP contribution in [0.4, 0.5) is 5.95 Å². The Hall–Kier alpha value is -1.28. The Labute approximate surface area is 184 Å². The van der Waals surface area contributed by atoms with Crippen LogP contribution in [0.3, 0.4) is 0 Å². The molecule has 1 aliphatic heterocycles. The average molecular weight is 436 g/mol. The van der Waals surface area contributed by atoms with Crippen LogP contribution >= 0.6 is 11.8 Å². The van der Waals surface area contributed by atoms with E-state index in [4.69, 9.17) is 4.74 Å². The summed E-state index contributed by atoms with van der Waals surface area (Å²) in [6, 6.07) is 0.924. The zero-order valence-electron chi connectivity index (χ0n) is 18.8. The van der Waals surface area contributed by atoms with E-state index in [0.717, 1.165) is 49.9 Å². The predicted molar refractivity (Wildman–Crippen MR) is 120 cm³/mol. The Kier molecular flexibility index (Phi) is 7.24. The SMILES string of the molecule is CC(C)Cn1c(SCC(=O)N(C2CCC(C)CC2)C2CC2)nnc1N1CCOCC1. The van der Waals surface area contributed by atoms with Crippen LogP contribution in [-0.4, -0.2) is 69.7 Å². The zero-order chi connectivity index (χ0) is 21.1. The number of hydrogen-bond acceptors (Lipinski definition) is 6. The molecular formula is C22H37N5O2S. The first kappa shape index (κ1) is 21.9. The molecular weight excluding hydrogens is 398 g/mol. The minimum Gasteiger partial charge on any atom is -0.378 e. The minimum atomic E-state index is 0.286. The Balaban J connectivity index is 1.42. The number of aromatic nitrogens is 3. The maximum Gasteiger partial charge on any atom is 0.233 e. The van der Waals surface area contributed by atoms with Crippen LogP contribution in [0.15, 0.2) is 5.16 Å². The van der Waals surface area contributed by atoms with E-state index in [0.29, 0.717) is 23.8 Å². The van der Waals surface area contributed by atoms with Gasteiger partial charge in [-0.05, 0) is 50.4 Å². The van der Waals surface area contributed by atoms with Gasteiger partial charge in [-0.15, -0.1) is 10.2 Å². The van der Waals surface area contributed by atoms with Crippen molar-refractivity contribution in [3.63, 3.8) is 0 Å². The lowest BCUT2D eigenvalue weighted by atomic mass is 9.86. The first-order valence-electron chi connectivity index (χ1n) is 11.7. The molecule has 3 aliphatic rings. The fourth-order valence-electron chi connectivity index (χ4n) is 4.69. The minimum absolute atomic E-state index is 0.286. The summed E-state index contributed by atoms with van der Waals surface area (Å²) in [6.45, 7) is 10.8. The number of hydrogen-bond donors (Lipinski definition) is 0. The van der Waals surface area contributed by atoms with Gasteiger partial charge in [-0.25, -0.2) is 0 Å². The van der Waals surface area contributed by atoms with E-state index < -0.39 is 0 Å². The van der Waals surface area contributed by atoms with Crippen molar-refractivity contribution in [3.05, 3.63) is 0 Å². The van der Waals surface area contributed by atoms with Crippen molar-refractivity contribution in [2.45, 2.75) is 83.1 Å². The topological polar surface area (TPSA) is 63.5 Å². The maximum atomic E-state index is 13.2. The van der Waals surface area contributed by atoms with Gasteiger partial charge in [0.25, 0.3) is 0 Å². The van der Waals surface area contributed by atoms with E-state index in [2.05, 4.69) is 45.3 Å². The van der Waals surface area contributed by atoms with Crippen molar-refractivity contribution in [3.8, 4) is 0 Å². The van der Waals surface area contributed by atoms with Gasteiger partial charge >= 0.3 is 0 Å². The Morgan fingerprint density at radius 2 is 1.73 bits per heavy atom. The normalized spacial score (nSPS) is 25.0. The van der Waals surface area contributed by atoms with Gasteiger partial charge in [0.15, 0.2) is 5.16 Å². The first-order chi connectivity index (χ1) is 14.5. The molecule has 0 radical (unpaired) electrons. The third kappa shape index (κ3) is 5.31. The summed E-state index contributed by atoms with van der Waals surface area (Å²) in [5, 5.41) is 9.85. The lowest BCUT2D eigenvalue weighted by molar-refractivity contribution is -0.132. The second kappa shape index (κ2) is 9.90. The number of amides is 1. The molecule has 2 heterocycles. The van der Waals surface area contributed by atoms with E-state index in [1.165, 1.54) is 38.5 Å². The van der Waals surface area contributed by atoms with Crippen molar-refractivity contribution in [1.29, 1.82) is 0 Å². The Bertz CT molecular complexity index is 706. The predicted octanol–water partition coefficient (Wildman–Crippen LogP) is 3.43. The Morgan fingerprint density at radius 1 is 1.10 bits per heavy atom. The molecule has 1 aromatic rings. The van der Waals surface area contributed by atoms with Gasteiger partial charge in [0.2, 0.25) is 11.9 Å². The summed E-state index contributed by atoms with van der Waals surface area (Å²) < 4.78 is 7.70. The van der Waals surface area contributed by atoms with Gasteiger partial charge in [0.05, 0.1) is 19.0 Å². The van der Waals surface area contributed by atoms with Crippen molar-refractivity contribution in [2.75, 3.05) is 37.0 Å². The second-order valence-electron chi connectivity index (χ2n) is 9.62. The molecule has 1 saturated heterocycles. The lowest BCUT2D eigenvalue weighted by Gasteiger charge is -2.36. The third-order valence-electron chi connectivity index (χ3n) is 6.47. The van der Waals surface area contributed by atoms with Gasteiger partial charge in [-0.2, -0.15) is 0 Å². The van der Waals surface area contributed by atoms with Crippen LogP contribution in [0.1, 0.15) is 59.3 Å². The first-order valence-corrected chi connectivity index (χ1v) is 12.7. The fraction of sp³-hybridized carbons (Fsp3) is 0.864. The molecule has 2 aliphatic carbocycles. The summed E-state index contributed by atoms with van der Waals surface area (Å²) in [5.74, 6) is 2.96. The average Bonchev–Trinajstić information content (AvgIpc) is 3.49. The number of morpholine rings is 1. The summed E-state index contributed by atoms with van der Waals surface area (Å²) >= 11 is 1.56. The molecule has 2 saturated carbocycles. The molecule has 0 spiro atoms. The molecule has 0 N–H and O–H groups in total. The molecule has 0 bridgehead atoms. The van der Waals surface area contributed by atoms with Crippen LogP contribution in [0.5, 0.6) is 0 Å². The van der Waals surface area contributed by atoms with Crippen LogP contribution in [0.2, 0.25) is 0 Å². The fourth-order valence-corrected chi connectivity index (χ4v) is 5.50. The van der Waals surface area contributed by atoms with E-state index in [-0.39, 0.29) is 5.91 Å². The summed E-state index contributed by atoms with van der Waals surface area (Å²) in [6.07, 6.45) is 7.18. The molecule has 1 aromatic heterocycles. The van der Waals surface area contributed by atoms with Gasteiger partial charge in [0, 0.05) is 31.7 Å². The molecule has 4 rings (SSSR count). The van der Waals surface area contributed by atoms with Crippen LogP contribution < -0.4 is 4.90 Å². The van der Waals surface area contributed by atoms with E-state index >= 15 is 0 Å². The zero-order valence-corrected chi connectivity index (χ0v) is 19.6. The monoisotopic (exact) mass is 435 g/mol. The van der Waals surface area contributed by atoms with E-state index in [1.54, 1.807) is 11.8 Å². The molecule has 1 amide bonds.